The lowest BCUT2D eigenvalue weighted by molar-refractivity contribution is 0.102. The smallest absolute Gasteiger partial charge is 0.191 e. The highest BCUT2D eigenvalue weighted by atomic mass is 35.5. The van der Waals surface area contributed by atoms with Crippen molar-refractivity contribution in [3.05, 3.63) is 53.4 Å². The number of nitrogens with zero attached hydrogens (tertiary/aromatic N) is 5. The van der Waals surface area contributed by atoms with Crippen molar-refractivity contribution in [3.63, 3.8) is 0 Å². The van der Waals surface area contributed by atoms with Crippen LogP contribution in [0.2, 0.25) is 5.02 Å². The van der Waals surface area contributed by atoms with Crippen LogP contribution >= 0.6 is 23.4 Å². The van der Waals surface area contributed by atoms with Gasteiger partial charge < -0.3 is 4.57 Å². The topological polar surface area (TPSA) is 73.6 Å². The molecule has 0 spiro atoms. The number of hydrogen-bond donors (Lipinski definition) is 0. The van der Waals surface area contributed by atoms with Crippen molar-refractivity contribution in [2.45, 2.75) is 5.16 Å². The zero-order valence-electron chi connectivity index (χ0n) is 12.2. The van der Waals surface area contributed by atoms with Crippen molar-refractivity contribution < 1.29 is 4.79 Å². The fourth-order valence-corrected chi connectivity index (χ4v) is 2.86. The molecule has 1 aromatic carbocycles. The molecule has 116 valence electrons. The quantitative estimate of drug-likeness (QED) is 0.523. The number of ketones is 1. The van der Waals surface area contributed by atoms with Crippen LogP contribution in [0.15, 0.2) is 48.0 Å². The second-order valence-electron chi connectivity index (χ2n) is 4.67. The van der Waals surface area contributed by atoms with Crippen LogP contribution in [0.25, 0.3) is 11.5 Å². The zero-order valence-corrected chi connectivity index (χ0v) is 13.8. The standard InChI is InChI=1S/C15H12ClN5OS/c1-21-14(12-8-17-6-7-18-12)19-20-15(21)23-9-13(22)10-2-4-11(16)5-3-10/h2-8H,9H2,1H3. The molecular weight excluding hydrogens is 334 g/mol. The van der Waals surface area contributed by atoms with Crippen molar-refractivity contribution in [3.8, 4) is 11.5 Å². The normalized spacial score (nSPS) is 10.7. The lowest BCUT2D eigenvalue weighted by Gasteiger charge is -2.03. The fourth-order valence-electron chi connectivity index (χ4n) is 1.93. The van der Waals surface area contributed by atoms with E-state index in [-0.39, 0.29) is 11.5 Å². The number of rotatable bonds is 5. The van der Waals surface area contributed by atoms with Crippen molar-refractivity contribution in [1.82, 2.24) is 24.7 Å². The summed E-state index contributed by atoms with van der Waals surface area (Å²) in [6.45, 7) is 0. The number of halogens is 1. The van der Waals surface area contributed by atoms with E-state index in [1.807, 2.05) is 7.05 Å². The van der Waals surface area contributed by atoms with Gasteiger partial charge >= 0.3 is 0 Å². The van der Waals surface area contributed by atoms with Gasteiger partial charge in [-0.3, -0.25) is 9.78 Å². The maximum atomic E-state index is 12.2. The molecular formula is C15H12ClN5OS. The van der Waals surface area contributed by atoms with Crippen LogP contribution in [0, 0.1) is 0 Å². The van der Waals surface area contributed by atoms with Crippen LogP contribution in [0.5, 0.6) is 0 Å². The minimum absolute atomic E-state index is 0.00993. The highest BCUT2D eigenvalue weighted by Gasteiger charge is 2.14. The number of aromatic nitrogens is 5. The number of carbonyl (C=O) groups excluding carboxylic acids is 1. The molecule has 23 heavy (non-hydrogen) atoms. The fraction of sp³-hybridized carbons (Fsp3) is 0.133. The monoisotopic (exact) mass is 345 g/mol. The van der Waals surface area contributed by atoms with Gasteiger partial charge in [0.2, 0.25) is 0 Å². The summed E-state index contributed by atoms with van der Waals surface area (Å²) in [5, 5.41) is 9.47. The third kappa shape index (κ3) is 3.57. The van der Waals surface area contributed by atoms with Gasteiger partial charge in [0, 0.05) is 30.0 Å². The lowest BCUT2D eigenvalue weighted by Crippen LogP contribution is -2.04. The molecule has 0 aliphatic heterocycles. The molecule has 2 heterocycles. The van der Waals surface area contributed by atoms with Gasteiger partial charge in [-0.25, -0.2) is 4.98 Å². The lowest BCUT2D eigenvalue weighted by atomic mass is 10.1. The summed E-state index contributed by atoms with van der Waals surface area (Å²) in [6, 6.07) is 6.84. The Bertz CT molecular complexity index is 820. The molecule has 0 radical (unpaired) electrons. The molecule has 0 aliphatic rings. The maximum absolute atomic E-state index is 12.2. The minimum Gasteiger partial charge on any atom is -0.304 e. The molecule has 0 N–H and O–H groups in total. The van der Waals surface area contributed by atoms with Gasteiger partial charge in [-0.05, 0) is 24.3 Å². The van der Waals surface area contributed by atoms with Gasteiger partial charge in [-0.1, -0.05) is 23.4 Å². The predicted octanol–water partition coefficient (Wildman–Crippen LogP) is 2.90. The largest absolute Gasteiger partial charge is 0.304 e. The minimum atomic E-state index is 0.00993. The van der Waals surface area contributed by atoms with Crippen molar-refractivity contribution in [1.29, 1.82) is 0 Å². The van der Waals surface area contributed by atoms with Gasteiger partial charge in [-0.2, -0.15) is 0 Å². The van der Waals surface area contributed by atoms with Crippen LogP contribution in [-0.2, 0) is 7.05 Å². The molecule has 2 aromatic heterocycles. The molecule has 0 saturated heterocycles. The zero-order chi connectivity index (χ0) is 16.2. The molecule has 0 atom stereocenters. The Morgan fingerprint density at radius 3 is 2.70 bits per heavy atom. The molecule has 6 nitrogen and oxygen atoms in total. The van der Waals surface area contributed by atoms with E-state index >= 15 is 0 Å². The van der Waals surface area contributed by atoms with E-state index in [4.69, 9.17) is 11.6 Å². The Morgan fingerprint density at radius 2 is 2.00 bits per heavy atom. The predicted molar refractivity (Wildman–Crippen MR) is 88.5 cm³/mol. The van der Waals surface area contributed by atoms with E-state index in [1.165, 1.54) is 11.8 Å². The molecule has 0 amide bonds. The van der Waals surface area contributed by atoms with Gasteiger partial charge in [0.1, 0.15) is 5.69 Å². The van der Waals surface area contributed by atoms with Crippen molar-refractivity contribution in [2.24, 2.45) is 7.05 Å². The molecule has 0 unspecified atom stereocenters. The Hall–Kier alpha value is -2.25. The van der Waals surface area contributed by atoms with Gasteiger partial charge in [0.25, 0.3) is 0 Å². The van der Waals surface area contributed by atoms with E-state index in [0.29, 0.717) is 27.3 Å². The summed E-state index contributed by atoms with van der Waals surface area (Å²) < 4.78 is 1.80. The Balaban J connectivity index is 1.71. The summed E-state index contributed by atoms with van der Waals surface area (Å²) in [7, 11) is 1.83. The Morgan fingerprint density at radius 1 is 1.22 bits per heavy atom. The summed E-state index contributed by atoms with van der Waals surface area (Å²) in [6.07, 6.45) is 4.82. The third-order valence-corrected chi connectivity index (χ3v) is 4.40. The van der Waals surface area contributed by atoms with E-state index in [0.717, 1.165) is 0 Å². The number of benzene rings is 1. The molecule has 3 rings (SSSR count). The second kappa shape index (κ2) is 6.89. The average Bonchev–Trinajstić information content (AvgIpc) is 2.95. The molecule has 0 aliphatic carbocycles. The van der Waals surface area contributed by atoms with E-state index in [2.05, 4.69) is 20.2 Å². The first kappa shape index (κ1) is 15.6. The van der Waals surface area contributed by atoms with Crippen LogP contribution in [0.3, 0.4) is 0 Å². The van der Waals surface area contributed by atoms with E-state index in [1.54, 1.807) is 47.4 Å². The van der Waals surface area contributed by atoms with E-state index < -0.39 is 0 Å². The summed E-state index contributed by atoms with van der Waals surface area (Å²) in [5.74, 6) is 0.893. The number of carbonyl (C=O) groups is 1. The maximum Gasteiger partial charge on any atom is 0.191 e. The van der Waals surface area contributed by atoms with E-state index in [9.17, 15) is 4.79 Å². The van der Waals surface area contributed by atoms with Crippen molar-refractivity contribution >= 4 is 29.1 Å². The number of Topliss-reactive ketones (excluding diaryl/α,β-unsaturated/α-hetero) is 1. The average molecular weight is 346 g/mol. The van der Waals surface area contributed by atoms with Gasteiger partial charge in [-0.15, -0.1) is 10.2 Å². The van der Waals surface area contributed by atoms with Crippen LogP contribution in [0.1, 0.15) is 10.4 Å². The third-order valence-electron chi connectivity index (χ3n) is 3.13. The van der Waals surface area contributed by atoms with Gasteiger partial charge in [0.15, 0.2) is 16.8 Å². The Kier molecular flexibility index (Phi) is 4.68. The second-order valence-corrected chi connectivity index (χ2v) is 6.05. The summed E-state index contributed by atoms with van der Waals surface area (Å²) >= 11 is 7.15. The summed E-state index contributed by atoms with van der Waals surface area (Å²) in [5.41, 5.74) is 1.26. The number of thioether (sulfide) groups is 1. The first-order valence-electron chi connectivity index (χ1n) is 6.72. The first-order valence-corrected chi connectivity index (χ1v) is 8.09. The Labute approximate surface area is 141 Å². The van der Waals surface area contributed by atoms with Crippen LogP contribution in [0.4, 0.5) is 0 Å². The molecule has 3 aromatic rings. The number of hydrogen-bond acceptors (Lipinski definition) is 6. The molecule has 0 bridgehead atoms. The summed E-state index contributed by atoms with van der Waals surface area (Å²) in [4.78, 5) is 20.4. The highest BCUT2D eigenvalue weighted by molar-refractivity contribution is 7.99. The molecule has 0 fully saturated rings. The van der Waals surface area contributed by atoms with Gasteiger partial charge in [0.05, 0.1) is 11.9 Å². The molecule has 0 saturated carbocycles. The highest BCUT2D eigenvalue weighted by Crippen LogP contribution is 2.21. The molecule has 8 heteroatoms. The van der Waals surface area contributed by atoms with Crippen molar-refractivity contribution in [2.75, 3.05) is 5.75 Å². The van der Waals surface area contributed by atoms with Crippen LogP contribution < -0.4 is 0 Å². The SMILES string of the molecule is Cn1c(SCC(=O)c2ccc(Cl)cc2)nnc1-c1cnccn1. The first-order chi connectivity index (χ1) is 11.1. The van der Waals surface area contributed by atoms with Crippen LogP contribution in [-0.4, -0.2) is 36.3 Å².